The predicted molar refractivity (Wildman–Crippen MR) is 69.7 cm³/mol. The maximum atomic E-state index is 13.3. The third-order valence-electron chi connectivity index (χ3n) is 2.85. The molecule has 1 aromatic carbocycles. The van der Waals surface area contributed by atoms with Gasteiger partial charge in [0.05, 0.1) is 5.56 Å². The molecule has 6 heteroatoms. The SMILES string of the molecule is CCCCC[C@H](N)c1cccc(F)c1C(F)(F)F.Cl. The van der Waals surface area contributed by atoms with Crippen molar-refractivity contribution in [1.29, 1.82) is 0 Å². The number of halogens is 5. The molecule has 19 heavy (non-hydrogen) atoms. The van der Waals surface area contributed by atoms with Gasteiger partial charge in [0, 0.05) is 6.04 Å². The highest BCUT2D eigenvalue weighted by Crippen LogP contribution is 2.36. The Kier molecular flexibility index (Phi) is 7.37. The summed E-state index contributed by atoms with van der Waals surface area (Å²) in [6, 6.07) is 2.55. The number of hydrogen-bond donors (Lipinski definition) is 1. The molecular weight excluding hydrogens is 282 g/mol. The van der Waals surface area contributed by atoms with Gasteiger partial charge in [-0.2, -0.15) is 13.2 Å². The van der Waals surface area contributed by atoms with E-state index in [-0.39, 0.29) is 18.0 Å². The summed E-state index contributed by atoms with van der Waals surface area (Å²) < 4.78 is 51.6. The first kappa shape index (κ1) is 18.2. The molecule has 0 amide bonds. The minimum absolute atomic E-state index is 0. The van der Waals surface area contributed by atoms with Crippen LogP contribution in [0.15, 0.2) is 18.2 Å². The second-order valence-corrected chi connectivity index (χ2v) is 4.30. The van der Waals surface area contributed by atoms with E-state index in [9.17, 15) is 17.6 Å². The minimum Gasteiger partial charge on any atom is -0.324 e. The van der Waals surface area contributed by atoms with Gasteiger partial charge in [0.1, 0.15) is 5.82 Å². The molecule has 110 valence electrons. The first-order chi connectivity index (χ1) is 8.38. The van der Waals surface area contributed by atoms with Crippen LogP contribution < -0.4 is 5.73 Å². The van der Waals surface area contributed by atoms with Gasteiger partial charge in [0.15, 0.2) is 0 Å². The van der Waals surface area contributed by atoms with Crippen molar-refractivity contribution in [1.82, 2.24) is 0 Å². The minimum atomic E-state index is -4.71. The molecule has 0 aliphatic heterocycles. The monoisotopic (exact) mass is 299 g/mol. The van der Waals surface area contributed by atoms with Gasteiger partial charge in [-0.25, -0.2) is 4.39 Å². The van der Waals surface area contributed by atoms with Crippen molar-refractivity contribution in [2.24, 2.45) is 5.73 Å². The number of alkyl halides is 3. The van der Waals surface area contributed by atoms with Crippen molar-refractivity contribution in [3.05, 3.63) is 35.1 Å². The van der Waals surface area contributed by atoms with Crippen LogP contribution in [0.1, 0.15) is 49.8 Å². The van der Waals surface area contributed by atoms with E-state index in [2.05, 4.69) is 0 Å². The lowest BCUT2D eigenvalue weighted by Gasteiger charge is -2.18. The maximum absolute atomic E-state index is 13.3. The van der Waals surface area contributed by atoms with Crippen molar-refractivity contribution in [2.45, 2.75) is 44.8 Å². The lowest BCUT2D eigenvalue weighted by molar-refractivity contribution is -0.140. The molecule has 0 fully saturated rings. The van der Waals surface area contributed by atoms with Gasteiger partial charge in [-0.05, 0) is 18.1 Å². The van der Waals surface area contributed by atoms with Crippen LogP contribution in [0, 0.1) is 5.82 Å². The van der Waals surface area contributed by atoms with Gasteiger partial charge in [-0.3, -0.25) is 0 Å². The van der Waals surface area contributed by atoms with Gasteiger partial charge in [0.25, 0.3) is 0 Å². The Hall–Kier alpha value is -0.810. The Labute approximate surface area is 116 Å². The zero-order valence-corrected chi connectivity index (χ0v) is 11.5. The molecule has 1 rings (SSSR count). The summed E-state index contributed by atoms with van der Waals surface area (Å²) in [5.41, 5.74) is 4.35. The van der Waals surface area contributed by atoms with Crippen LogP contribution in [-0.4, -0.2) is 0 Å². The Morgan fingerprint density at radius 3 is 2.37 bits per heavy atom. The average molecular weight is 300 g/mol. The number of hydrogen-bond acceptors (Lipinski definition) is 1. The van der Waals surface area contributed by atoms with Gasteiger partial charge in [-0.15, -0.1) is 12.4 Å². The molecule has 0 saturated carbocycles. The second-order valence-electron chi connectivity index (χ2n) is 4.30. The van der Waals surface area contributed by atoms with Crippen LogP contribution in [0.2, 0.25) is 0 Å². The first-order valence-corrected chi connectivity index (χ1v) is 5.99. The predicted octanol–water partition coefficient (Wildman–Crippen LogP) is 4.85. The number of rotatable bonds is 5. The van der Waals surface area contributed by atoms with E-state index in [0.29, 0.717) is 6.42 Å². The molecule has 0 bridgehead atoms. The Morgan fingerprint density at radius 2 is 1.84 bits per heavy atom. The highest BCUT2D eigenvalue weighted by Gasteiger charge is 2.37. The molecule has 0 saturated heterocycles. The molecule has 0 spiro atoms. The zero-order valence-electron chi connectivity index (χ0n) is 10.6. The summed E-state index contributed by atoms with van der Waals surface area (Å²) >= 11 is 0. The maximum Gasteiger partial charge on any atom is 0.419 e. The van der Waals surface area contributed by atoms with E-state index < -0.39 is 23.6 Å². The highest BCUT2D eigenvalue weighted by atomic mass is 35.5. The van der Waals surface area contributed by atoms with Crippen LogP contribution >= 0.6 is 12.4 Å². The Balaban J connectivity index is 0.00000324. The molecule has 2 N–H and O–H groups in total. The van der Waals surface area contributed by atoms with Gasteiger partial charge in [-0.1, -0.05) is 38.3 Å². The molecule has 1 atom stereocenters. The fourth-order valence-electron chi connectivity index (χ4n) is 1.92. The molecule has 1 aromatic rings. The van der Waals surface area contributed by atoms with E-state index >= 15 is 0 Å². The lowest BCUT2D eigenvalue weighted by Crippen LogP contribution is -2.19. The third-order valence-corrected chi connectivity index (χ3v) is 2.85. The molecular formula is C13H18ClF4N. The van der Waals surface area contributed by atoms with E-state index in [0.717, 1.165) is 25.3 Å². The summed E-state index contributed by atoms with van der Waals surface area (Å²) in [5, 5.41) is 0. The number of unbranched alkanes of at least 4 members (excludes halogenated alkanes) is 2. The van der Waals surface area contributed by atoms with E-state index in [1.165, 1.54) is 12.1 Å². The van der Waals surface area contributed by atoms with Gasteiger partial charge >= 0.3 is 6.18 Å². The third kappa shape index (κ3) is 4.99. The lowest BCUT2D eigenvalue weighted by atomic mass is 9.96. The van der Waals surface area contributed by atoms with Crippen molar-refractivity contribution in [2.75, 3.05) is 0 Å². The summed E-state index contributed by atoms with van der Waals surface area (Å²) in [6.45, 7) is 1.99. The summed E-state index contributed by atoms with van der Waals surface area (Å²) in [7, 11) is 0. The molecule has 0 aliphatic carbocycles. The number of nitrogens with two attached hydrogens (primary N) is 1. The largest absolute Gasteiger partial charge is 0.419 e. The smallest absolute Gasteiger partial charge is 0.324 e. The number of benzene rings is 1. The van der Waals surface area contributed by atoms with Crippen LogP contribution in [0.3, 0.4) is 0 Å². The van der Waals surface area contributed by atoms with Crippen LogP contribution in [-0.2, 0) is 6.18 Å². The van der Waals surface area contributed by atoms with Crippen molar-refractivity contribution >= 4 is 12.4 Å². The van der Waals surface area contributed by atoms with E-state index in [1.807, 2.05) is 6.92 Å². The second kappa shape index (κ2) is 7.70. The van der Waals surface area contributed by atoms with Crippen molar-refractivity contribution in [3.8, 4) is 0 Å². The summed E-state index contributed by atoms with van der Waals surface area (Å²) in [4.78, 5) is 0. The van der Waals surface area contributed by atoms with Gasteiger partial charge in [0.2, 0.25) is 0 Å². The average Bonchev–Trinajstić information content (AvgIpc) is 2.27. The highest BCUT2D eigenvalue weighted by molar-refractivity contribution is 5.85. The quantitative estimate of drug-likeness (QED) is 0.610. The fourth-order valence-corrected chi connectivity index (χ4v) is 1.92. The molecule has 0 heterocycles. The standard InChI is InChI=1S/C13H17F4N.ClH/c1-2-3-4-8-11(18)9-6-5-7-10(14)12(9)13(15,16)17;/h5-7,11H,2-4,8,18H2,1H3;1H/t11-;/m0./s1. The molecule has 0 radical (unpaired) electrons. The summed E-state index contributed by atoms with van der Waals surface area (Å²) in [5.74, 6) is -1.26. The van der Waals surface area contributed by atoms with Crippen molar-refractivity contribution < 1.29 is 17.6 Å². The topological polar surface area (TPSA) is 26.0 Å². The van der Waals surface area contributed by atoms with E-state index in [1.54, 1.807) is 0 Å². The van der Waals surface area contributed by atoms with Gasteiger partial charge < -0.3 is 5.73 Å². The molecule has 0 aromatic heterocycles. The molecule has 0 unspecified atom stereocenters. The fraction of sp³-hybridized carbons (Fsp3) is 0.538. The normalized spacial score (nSPS) is 12.9. The summed E-state index contributed by atoms with van der Waals surface area (Å²) in [6.07, 6.45) is -1.67. The van der Waals surface area contributed by atoms with Crippen molar-refractivity contribution in [3.63, 3.8) is 0 Å². The van der Waals surface area contributed by atoms with E-state index in [4.69, 9.17) is 5.73 Å². The molecule has 1 nitrogen and oxygen atoms in total. The zero-order chi connectivity index (χ0) is 13.8. The Bertz CT molecular complexity index is 393. The van der Waals surface area contributed by atoms with Crippen LogP contribution in [0.25, 0.3) is 0 Å². The van der Waals surface area contributed by atoms with Crippen LogP contribution in [0.4, 0.5) is 17.6 Å². The first-order valence-electron chi connectivity index (χ1n) is 5.99. The Morgan fingerprint density at radius 1 is 1.21 bits per heavy atom. The van der Waals surface area contributed by atoms with Crippen LogP contribution in [0.5, 0.6) is 0 Å². The molecule has 0 aliphatic rings.